The van der Waals surface area contributed by atoms with Gasteiger partial charge in [-0.1, -0.05) is 35.6 Å². The highest BCUT2D eigenvalue weighted by atomic mass is 32.1. The SMILES string of the molecule is C.C.CC.CC=O.CCS. The van der Waals surface area contributed by atoms with Gasteiger partial charge in [0.1, 0.15) is 6.29 Å². The Hall–Kier alpha value is 0.0200. The maximum Gasteiger partial charge on any atom is 0.116 e. The predicted molar refractivity (Wildman–Crippen MR) is 56.1 cm³/mol. The van der Waals surface area contributed by atoms with Gasteiger partial charge < -0.3 is 4.79 Å². The highest BCUT2D eigenvalue weighted by Crippen LogP contribution is 1.58. The molecule has 0 heterocycles. The van der Waals surface area contributed by atoms with E-state index in [9.17, 15) is 0 Å². The van der Waals surface area contributed by atoms with E-state index in [1.54, 1.807) is 0 Å². The van der Waals surface area contributed by atoms with Crippen LogP contribution in [-0.2, 0) is 4.79 Å². The largest absolute Gasteiger partial charge is 0.304 e. The van der Waals surface area contributed by atoms with E-state index in [4.69, 9.17) is 4.79 Å². The second-order valence-electron chi connectivity index (χ2n) is 0.552. The minimum absolute atomic E-state index is 0. The van der Waals surface area contributed by atoms with Crippen molar-refractivity contribution in [1.82, 2.24) is 0 Å². The lowest BCUT2D eigenvalue weighted by molar-refractivity contribution is -0.106. The van der Waals surface area contributed by atoms with Gasteiger partial charge in [-0.2, -0.15) is 12.6 Å². The first-order valence-corrected chi connectivity index (χ1v) is 3.47. The van der Waals surface area contributed by atoms with Crippen LogP contribution in [-0.4, -0.2) is 12.0 Å². The molecule has 68 valence electrons. The van der Waals surface area contributed by atoms with Gasteiger partial charge in [-0.3, -0.25) is 0 Å². The maximum atomic E-state index is 8.81. The Morgan fingerprint density at radius 3 is 1.30 bits per heavy atom. The van der Waals surface area contributed by atoms with Crippen LogP contribution in [0.4, 0.5) is 0 Å². The third-order valence-electron chi connectivity index (χ3n) is 0. The fourth-order valence-corrected chi connectivity index (χ4v) is 0. The van der Waals surface area contributed by atoms with Crippen LogP contribution in [0.15, 0.2) is 0 Å². The Labute approximate surface area is 72.6 Å². The van der Waals surface area contributed by atoms with Crippen LogP contribution in [0.5, 0.6) is 0 Å². The van der Waals surface area contributed by atoms with Crippen LogP contribution < -0.4 is 0 Å². The lowest BCUT2D eigenvalue weighted by Gasteiger charge is -1.48. The highest BCUT2D eigenvalue weighted by Gasteiger charge is 1.35. The summed E-state index contributed by atoms with van der Waals surface area (Å²) >= 11 is 3.79. The van der Waals surface area contributed by atoms with Crippen molar-refractivity contribution in [3.63, 3.8) is 0 Å². The van der Waals surface area contributed by atoms with E-state index in [1.807, 2.05) is 20.8 Å². The van der Waals surface area contributed by atoms with Crippen molar-refractivity contribution in [1.29, 1.82) is 0 Å². The monoisotopic (exact) mass is 168 g/mol. The van der Waals surface area contributed by atoms with E-state index in [0.717, 1.165) is 12.0 Å². The Morgan fingerprint density at radius 2 is 1.30 bits per heavy atom. The average Bonchev–Trinajstić information content (AvgIpc) is 1.75. The van der Waals surface area contributed by atoms with E-state index in [1.165, 1.54) is 6.92 Å². The molecule has 0 unspecified atom stereocenters. The number of carbonyl (C=O) groups is 1. The molecule has 10 heavy (non-hydrogen) atoms. The van der Waals surface area contributed by atoms with Crippen molar-refractivity contribution >= 4 is 18.9 Å². The molecule has 0 spiro atoms. The Morgan fingerprint density at radius 1 is 1.30 bits per heavy atom. The van der Waals surface area contributed by atoms with Crippen molar-refractivity contribution in [2.75, 3.05) is 5.75 Å². The molecule has 0 saturated heterocycles. The number of carbonyl (C=O) groups excluding carboxylic acids is 1. The zero-order valence-corrected chi connectivity index (χ0v) is 7.03. The second kappa shape index (κ2) is 142. The van der Waals surface area contributed by atoms with Gasteiger partial charge in [0, 0.05) is 0 Å². The van der Waals surface area contributed by atoms with Crippen LogP contribution in [0.25, 0.3) is 0 Å². The van der Waals surface area contributed by atoms with Crippen molar-refractivity contribution in [2.45, 2.75) is 42.5 Å². The zero-order valence-electron chi connectivity index (χ0n) is 6.14. The highest BCUT2D eigenvalue weighted by molar-refractivity contribution is 7.80. The fourth-order valence-electron chi connectivity index (χ4n) is 0. The summed E-state index contributed by atoms with van der Waals surface area (Å²) in [7, 11) is 0. The first kappa shape index (κ1) is 32.3. The van der Waals surface area contributed by atoms with Gasteiger partial charge in [0.25, 0.3) is 0 Å². The third kappa shape index (κ3) is 988000. The molecule has 0 saturated carbocycles. The van der Waals surface area contributed by atoms with E-state index < -0.39 is 0 Å². The summed E-state index contributed by atoms with van der Waals surface area (Å²) in [5.41, 5.74) is 0. The van der Waals surface area contributed by atoms with Crippen molar-refractivity contribution in [3.8, 4) is 0 Å². The Balaban J connectivity index is -0.0000000116. The number of aldehydes is 1. The van der Waals surface area contributed by atoms with Crippen molar-refractivity contribution in [2.24, 2.45) is 0 Å². The van der Waals surface area contributed by atoms with Gasteiger partial charge in [-0.05, 0) is 12.7 Å². The first-order valence-electron chi connectivity index (χ1n) is 2.84. The summed E-state index contributed by atoms with van der Waals surface area (Å²) in [4.78, 5) is 8.81. The quantitative estimate of drug-likeness (QED) is 0.433. The molecule has 0 aromatic rings. The minimum Gasteiger partial charge on any atom is -0.304 e. The van der Waals surface area contributed by atoms with Crippen LogP contribution in [0.3, 0.4) is 0 Å². The fraction of sp³-hybridized carbons (Fsp3) is 0.875. The lowest BCUT2D eigenvalue weighted by atomic mass is 11.0. The molecule has 0 fully saturated rings. The van der Waals surface area contributed by atoms with Gasteiger partial charge in [0.2, 0.25) is 0 Å². The molecular formula is C8H24OS. The normalized spacial score (nSPS) is 3.70. The molecule has 0 radical (unpaired) electrons. The number of rotatable bonds is 0. The van der Waals surface area contributed by atoms with E-state index in [2.05, 4.69) is 12.6 Å². The van der Waals surface area contributed by atoms with E-state index >= 15 is 0 Å². The summed E-state index contributed by atoms with van der Waals surface area (Å²) < 4.78 is 0. The minimum atomic E-state index is 0. The van der Waals surface area contributed by atoms with Crippen LogP contribution in [0, 0.1) is 0 Å². The molecule has 1 nitrogen and oxygen atoms in total. The summed E-state index contributed by atoms with van der Waals surface area (Å²) in [6.45, 7) is 7.43. The molecule has 0 aromatic carbocycles. The Kier molecular flexibility index (Phi) is 460. The molecule has 0 bridgehead atoms. The predicted octanol–water partition coefficient (Wildman–Crippen LogP) is 3.44. The topological polar surface area (TPSA) is 17.1 Å². The molecule has 0 rings (SSSR count). The lowest BCUT2D eigenvalue weighted by Crippen LogP contribution is -1.36. The maximum absolute atomic E-state index is 8.81. The molecule has 0 aliphatic rings. The van der Waals surface area contributed by atoms with E-state index in [-0.39, 0.29) is 14.9 Å². The first-order chi connectivity index (χ1) is 3.83. The standard InChI is InChI=1S/C2H4O.C2H6S.C2H6.2CH4/c2*1-2-3;1-2;;/h2H,1H3;3H,2H2,1H3;1-2H3;2*1H4. The van der Waals surface area contributed by atoms with Crippen LogP contribution >= 0.6 is 12.6 Å². The van der Waals surface area contributed by atoms with Gasteiger partial charge in [-0.15, -0.1) is 0 Å². The molecule has 0 aliphatic heterocycles. The average molecular weight is 168 g/mol. The van der Waals surface area contributed by atoms with E-state index in [0.29, 0.717) is 0 Å². The molecule has 0 N–H and O–H groups in total. The van der Waals surface area contributed by atoms with Crippen molar-refractivity contribution in [3.05, 3.63) is 0 Å². The second-order valence-corrected chi connectivity index (χ2v) is 1.18. The molecule has 0 atom stereocenters. The number of thiol groups is 1. The molecule has 2 heteroatoms. The number of hydrogen-bond donors (Lipinski definition) is 1. The molecule has 0 aromatic heterocycles. The van der Waals surface area contributed by atoms with Gasteiger partial charge in [-0.25, -0.2) is 0 Å². The van der Waals surface area contributed by atoms with Crippen LogP contribution in [0.2, 0.25) is 0 Å². The zero-order chi connectivity index (χ0) is 7.41. The van der Waals surface area contributed by atoms with Gasteiger partial charge in [0.15, 0.2) is 0 Å². The summed E-state index contributed by atoms with van der Waals surface area (Å²) in [5.74, 6) is 0.944. The molecule has 0 aliphatic carbocycles. The molecule has 0 amide bonds. The van der Waals surface area contributed by atoms with Gasteiger partial charge >= 0.3 is 0 Å². The number of hydrogen-bond acceptors (Lipinski definition) is 2. The third-order valence-corrected chi connectivity index (χ3v) is 0. The molecular weight excluding hydrogens is 144 g/mol. The Bertz CT molecular complexity index is 23.2. The van der Waals surface area contributed by atoms with Gasteiger partial charge in [0.05, 0.1) is 0 Å². The van der Waals surface area contributed by atoms with Crippen LogP contribution in [0.1, 0.15) is 42.5 Å². The van der Waals surface area contributed by atoms with Crippen molar-refractivity contribution < 1.29 is 4.79 Å². The smallest absolute Gasteiger partial charge is 0.116 e. The summed E-state index contributed by atoms with van der Waals surface area (Å²) in [5, 5.41) is 0. The summed E-state index contributed by atoms with van der Waals surface area (Å²) in [6.07, 6.45) is 0.750. The summed E-state index contributed by atoms with van der Waals surface area (Å²) in [6, 6.07) is 0.